The Bertz CT molecular complexity index is 778. The summed E-state index contributed by atoms with van der Waals surface area (Å²) < 4.78 is 38.5. The highest BCUT2D eigenvalue weighted by atomic mass is 19.4. The number of piperidine rings is 1. The Morgan fingerprint density at radius 1 is 1.14 bits per heavy atom. The molecule has 3 atom stereocenters. The molecule has 2 aliphatic heterocycles. The summed E-state index contributed by atoms with van der Waals surface area (Å²) in [5.74, 6) is -2.62. The van der Waals surface area contributed by atoms with E-state index >= 15 is 0 Å². The van der Waals surface area contributed by atoms with Gasteiger partial charge in [-0.15, -0.1) is 0 Å². The number of carbonyl (C=O) groups excluding carboxylic acids is 2. The highest BCUT2D eigenvalue weighted by Crippen LogP contribution is 2.39. The molecule has 2 fully saturated rings. The van der Waals surface area contributed by atoms with Crippen LogP contribution in [0, 0.1) is 11.8 Å². The Morgan fingerprint density at radius 3 is 2.32 bits per heavy atom. The standard InChI is InChI=1S/C19H21F3N2O4/c1-23-15(25)7-6-14(17(26)24-9-8-12(10-24)18(27)28)16(23)11-2-4-13(5-3-11)19(20,21)22/h2-5,12,14,16H,6-10H2,1H3,(H,27,28)/t12-,14-,16-/m0/s1. The van der Waals surface area contributed by atoms with E-state index in [2.05, 4.69) is 0 Å². The zero-order chi connectivity index (χ0) is 20.6. The first-order valence-electron chi connectivity index (χ1n) is 9.04. The van der Waals surface area contributed by atoms with E-state index in [1.807, 2.05) is 0 Å². The van der Waals surface area contributed by atoms with E-state index in [4.69, 9.17) is 5.11 Å². The van der Waals surface area contributed by atoms with Crippen LogP contribution in [-0.2, 0) is 20.6 Å². The predicted molar refractivity (Wildman–Crippen MR) is 92.0 cm³/mol. The van der Waals surface area contributed by atoms with E-state index < -0.39 is 35.6 Å². The van der Waals surface area contributed by atoms with Crippen molar-refractivity contribution < 1.29 is 32.7 Å². The van der Waals surface area contributed by atoms with Gasteiger partial charge in [0.1, 0.15) is 0 Å². The monoisotopic (exact) mass is 398 g/mol. The minimum absolute atomic E-state index is 0.113. The lowest BCUT2D eigenvalue weighted by Crippen LogP contribution is -2.47. The van der Waals surface area contributed by atoms with Crippen LogP contribution in [0.1, 0.15) is 36.4 Å². The fourth-order valence-corrected chi connectivity index (χ4v) is 4.02. The lowest BCUT2D eigenvalue weighted by Gasteiger charge is -2.40. The Morgan fingerprint density at radius 2 is 1.79 bits per heavy atom. The number of rotatable bonds is 3. The molecule has 0 spiro atoms. The van der Waals surface area contributed by atoms with Gasteiger partial charge < -0.3 is 14.9 Å². The van der Waals surface area contributed by atoms with Crippen LogP contribution in [0.25, 0.3) is 0 Å². The maximum Gasteiger partial charge on any atom is 0.416 e. The molecule has 1 aromatic carbocycles. The van der Waals surface area contributed by atoms with Gasteiger partial charge in [0.2, 0.25) is 11.8 Å². The van der Waals surface area contributed by atoms with Crippen molar-refractivity contribution in [3.05, 3.63) is 35.4 Å². The third-order valence-corrected chi connectivity index (χ3v) is 5.61. The first-order valence-corrected chi connectivity index (χ1v) is 9.04. The van der Waals surface area contributed by atoms with Gasteiger partial charge in [-0.25, -0.2) is 0 Å². The first-order chi connectivity index (χ1) is 13.1. The van der Waals surface area contributed by atoms with E-state index in [-0.39, 0.29) is 31.2 Å². The van der Waals surface area contributed by atoms with Crippen LogP contribution in [0.4, 0.5) is 13.2 Å². The van der Waals surface area contributed by atoms with Gasteiger partial charge in [-0.3, -0.25) is 14.4 Å². The van der Waals surface area contributed by atoms with Crippen LogP contribution in [0.15, 0.2) is 24.3 Å². The largest absolute Gasteiger partial charge is 0.481 e. The third kappa shape index (κ3) is 3.83. The van der Waals surface area contributed by atoms with Gasteiger partial charge in [-0.1, -0.05) is 12.1 Å². The van der Waals surface area contributed by atoms with Gasteiger partial charge in [0.15, 0.2) is 0 Å². The maximum absolute atomic E-state index is 13.0. The minimum Gasteiger partial charge on any atom is -0.481 e. The number of amides is 2. The average molecular weight is 398 g/mol. The average Bonchev–Trinajstić information content (AvgIpc) is 3.13. The van der Waals surface area contributed by atoms with Crippen molar-refractivity contribution >= 4 is 17.8 Å². The number of halogens is 3. The van der Waals surface area contributed by atoms with Crippen LogP contribution >= 0.6 is 0 Å². The van der Waals surface area contributed by atoms with Crippen LogP contribution in [-0.4, -0.2) is 52.8 Å². The van der Waals surface area contributed by atoms with E-state index in [0.717, 1.165) is 12.1 Å². The third-order valence-electron chi connectivity index (χ3n) is 5.61. The lowest BCUT2D eigenvalue weighted by atomic mass is 9.83. The normalized spacial score (nSPS) is 25.9. The van der Waals surface area contributed by atoms with E-state index in [0.29, 0.717) is 18.5 Å². The fraction of sp³-hybridized carbons (Fsp3) is 0.526. The number of carboxylic acid groups (broad SMARTS) is 1. The van der Waals surface area contributed by atoms with Crippen LogP contribution in [0.2, 0.25) is 0 Å². The van der Waals surface area contributed by atoms with Crippen molar-refractivity contribution in [2.45, 2.75) is 31.5 Å². The zero-order valence-corrected chi connectivity index (χ0v) is 15.3. The highest BCUT2D eigenvalue weighted by Gasteiger charge is 2.43. The van der Waals surface area contributed by atoms with Crippen LogP contribution in [0.5, 0.6) is 0 Å². The number of alkyl halides is 3. The Balaban J connectivity index is 1.86. The maximum atomic E-state index is 13.0. The minimum atomic E-state index is -4.47. The quantitative estimate of drug-likeness (QED) is 0.849. The molecule has 2 aliphatic rings. The number of nitrogens with zero attached hydrogens (tertiary/aromatic N) is 2. The second kappa shape index (κ2) is 7.44. The molecule has 0 aliphatic carbocycles. The van der Waals surface area contributed by atoms with Crippen LogP contribution in [0.3, 0.4) is 0 Å². The summed E-state index contributed by atoms with van der Waals surface area (Å²) in [7, 11) is 1.54. The number of hydrogen-bond donors (Lipinski definition) is 1. The van der Waals surface area contributed by atoms with E-state index in [1.54, 1.807) is 0 Å². The van der Waals surface area contributed by atoms with Crippen molar-refractivity contribution in [3.8, 4) is 0 Å². The topological polar surface area (TPSA) is 77.9 Å². The molecule has 0 unspecified atom stereocenters. The molecular weight excluding hydrogens is 377 g/mol. The van der Waals surface area contributed by atoms with Gasteiger partial charge in [0.25, 0.3) is 0 Å². The van der Waals surface area contributed by atoms with Crippen molar-refractivity contribution in [1.29, 1.82) is 0 Å². The smallest absolute Gasteiger partial charge is 0.416 e. The molecule has 0 bridgehead atoms. The summed E-state index contributed by atoms with van der Waals surface area (Å²) in [4.78, 5) is 39.3. The molecular formula is C19H21F3N2O4. The number of carbonyl (C=O) groups is 3. The van der Waals surface area contributed by atoms with E-state index in [9.17, 15) is 27.6 Å². The van der Waals surface area contributed by atoms with E-state index in [1.165, 1.54) is 29.0 Å². The van der Waals surface area contributed by atoms with Gasteiger partial charge in [0, 0.05) is 26.6 Å². The molecule has 28 heavy (non-hydrogen) atoms. The molecule has 2 saturated heterocycles. The Labute approximate surface area is 159 Å². The summed E-state index contributed by atoms with van der Waals surface area (Å²) in [6, 6.07) is 3.81. The molecule has 6 nitrogen and oxygen atoms in total. The van der Waals surface area contributed by atoms with Gasteiger partial charge >= 0.3 is 12.1 Å². The molecule has 1 N–H and O–H groups in total. The summed E-state index contributed by atoms with van der Waals surface area (Å²) in [6.07, 6.45) is -3.65. The van der Waals surface area contributed by atoms with Crippen molar-refractivity contribution in [2.75, 3.05) is 20.1 Å². The van der Waals surface area contributed by atoms with Gasteiger partial charge in [-0.05, 0) is 30.5 Å². The predicted octanol–water partition coefficient (Wildman–Crippen LogP) is 2.55. The number of hydrogen-bond acceptors (Lipinski definition) is 3. The van der Waals surface area contributed by atoms with Gasteiger partial charge in [-0.2, -0.15) is 13.2 Å². The molecule has 2 heterocycles. The van der Waals surface area contributed by atoms with Gasteiger partial charge in [0.05, 0.1) is 23.4 Å². The number of benzene rings is 1. The lowest BCUT2D eigenvalue weighted by molar-refractivity contribution is -0.146. The SMILES string of the molecule is CN1C(=O)CC[C@H](C(=O)N2CC[C@H](C(=O)O)C2)[C@@H]1c1ccc(C(F)(F)F)cc1. The summed E-state index contributed by atoms with van der Waals surface area (Å²) in [5.41, 5.74) is -0.344. The molecule has 0 aromatic heterocycles. The Hall–Kier alpha value is -2.58. The fourth-order valence-electron chi connectivity index (χ4n) is 4.02. The van der Waals surface area contributed by atoms with Crippen molar-refractivity contribution in [3.63, 3.8) is 0 Å². The van der Waals surface area contributed by atoms with Crippen LogP contribution < -0.4 is 0 Å². The summed E-state index contributed by atoms with van der Waals surface area (Å²) in [6.45, 7) is 0.436. The first kappa shape index (κ1) is 20.2. The second-order valence-corrected chi connectivity index (χ2v) is 7.32. The molecule has 9 heteroatoms. The number of carboxylic acids is 1. The van der Waals surface area contributed by atoms with Crippen molar-refractivity contribution in [2.24, 2.45) is 11.8 Å². The zero-order valence-electron chi connectivity index (χ0n) is 15.3. The number of aliphatic carboxylic acids is 1. The molecule has 2 amide bonds. The molecule has 1 aromatic rings. The number of likely N-dealkylation sites (tertiary alicyclic amines) is 2. The summed E-state index contributed by atoms with van der Waals surface area (Å²) in [5, 5.41) is 9.14. The molecule has 0 radical (unpaired) electrons. The summed E-state index contributed by atoms with van der Waals surface area (Å²) >= 11 is 0. The Kier molecular flexibility index (Phi) is 5.36. The molecule has 0 saturated carbocycles. The second-order valence-electron chi connectivity index (χ2n) is 7.32. The highest BCUT2D eigenvalue weighted by molar-refractivity contribution is 5.85. The molecule has 3 rings (SSSR count). The van der Waals surface area contributed by atoms with Crippen molar-refractivity contribution in [1.82, 2.24) is 9.80 Å². The molecule has 152 valence electrons.